The maximum absolute atomic E-state index is 13.1. The van der Waals surface area contributed by atoms with E-state index in [0.717, 1.165) is 44.1 Å². The molecule has 2 saturated heterocycles. The Labute approximate surface area is 154 Å². The fourth-order valence-electron chi connectivity index (χ4n) is 3.81. The predicted octanol–water partition coefficient (Wildman–Crippen LogP) is 2.38. The Kier molecular flexibility index (Phi) is 5.43. The third-order valence-corrected chi connectivity index (χ3v) is 5.30. The Morgan fingerprint density at radius 1 is 1.12 bits per heavy atom. The molecule has 0 aliphatic carbocycles. The molecule has 0 spiro atoms. The normalized spacial score (nSPS) is 22.9. The number of hydrogen-bond acceptors (Lipinski definition) is 5. The number of nitrogens with one attached hydrogen (secondary N) is 3. The number of rotatable bonds is 6. The molecule has 0 bridgehead atoms. The zero-order valence-electron chi connectivity index (χ0n) is 14.9. The van der Waals surface area contributed by atoms with Crippen LogP contribution in [0.15, 0.2) is 42.6 Å². The quantitative estimate of drug-likeness (QED) is 0.743. The van der Waals surface area contributed by atoms with E-state index in [1.54, 1.807) is 0 Å². The molecule has 2 atom stereocenters. The third-order valence-electron chi connectivity index (χ3n) is 5.30. The second kappa shape index (κ2) is 8.12. The molecular formula is C20H26FN5. The van der Waals surface area contributed by atoms with Gasteiger partial charge >= 0.3 is 0 Å². The van der Waals surface area contributed by atoms with Gasteiger partial charge < -0.3 is 10.2 Å². The topological polar surface area (TPSA) is 52.2 Å². The van der Waals surface area contributed by atoms with Crippen LogP contribution in [0.1, 0.15) is 30.0 Å². The van der Waals surface area contributed by atoms with E-state index in [2.05, 4.69) is 38.2 Å². The number of halogens is 1. The van der Waals surface area contributed by atoms with Crippen molar-refractivity contribution >= 4 is 5.82 Å². The molecule has 6 heteroatoms. The van der Waals surface area contributed by atoms with Crippen molar-refractivity contribution in [1.82, 2.24) is 21.2 Å². The van der Waals surface area contributed by atoms with Gasteiger partial charge in [-0.2, -0.15) is 0 Å². The monoisotopic (exact) mass is 355 g/mol. The molecule has 3 heterocycles. The van der Waals surface area contributed by atoms with Gasteiger partial charge in [-0.15, -0.1) is 0 Å². The third kappa shape index (κ3) is 4.03. The summed E-state index contributed by atoms with van der Waals surface area (Å²) in [4.78, 5) is 6.96. The van der Waals surface area contributed by atoms with Crippen LogP contribution in [-0.4, -0.2) is 31.2 Å². The summed E-state index contributed by atoms with van der Waals surface area (Å²) in [5.74, 6) is 1.31. The highest BCUT2D eigenvalue weighted by Crippen LogP contribution is 2.24. The molecule has 0 saturated carbocycles. The van der Waals surface area contributed by atoms with Crippen molar-refractivity contribution in [2.24, 2.45) is 5.92 Å². The first kappa shape index (κ1) is 17.4. The molecule has 5 nitrogen and oxygen atoms in total. The molecule has 0 radical (unpaired) electrons. The van der Waals surface area contributed by atoms with Gasteiger partial charge in [-0.3, -0.25) is 5.43 Å². The molecule has 2 aromatic rings. The largest absolute Gasteiger partial charge is 0.357 e. The van der Waals surface area contributed by atoms with Crippen LogP contribution in [0.3, 0.4) is 0 Å². The van der Waals surface area contributed by atoms with Crippen molar-refractivity contribution in [3.05, 3.63) is 59.5 Å². The Morgan fingerprint density at radius 3 is 2.65 bits per heavy atom. The first-order chi connectivity index (χ1) is 12.8. The van der Waals surface area contributed by atoms with Gasteiger partial charge in [0.15, 0.2) is 0 Å². The summed E-state index contributed by atoms with van der Waals surface area (Å²) in [5.41, 5.74) is 8.83. The van der Waals surface area contributed by atoms with Crippen LogP contribution in [-0.2, 0) is 6.54 Å². The van der Waals surface area contributed by atoms with Crippen LogP contribution in [0.25, 0.3) is 0 Å². The highest BCUT2D eigenvalue weighted by atomic mass is 19.1. The van der Waals surface area contributed by atoms with Gasteiger partial charge in [0.25, 0.3) is 0 Å². The number of aromatic nitrogens is 1. The number of anilines is 1. The van der Waals surface area contributed by atoms with Gasteiger partial charge in [0.1, 0.15) is 11.6 Å². The molecule has 26 heavy (non-hydrogen) atoms. The molecule has 2 unspecified atom stereocenters. The van der Waals surface area contributed by atoms with Gasteiger partial charge in [-0.25, -0.2) is 14.8 Å². The predicted molar refractivity (Wildman–Crippen MR) is 101 cm³/mol. The minimum atomic E-state index is -0.195. The Bertz CT molecular complexity index is 697. The Balaban J connectivity index is 1.29. The number of hydrogen-bond donors (Lipinski definition) is 3. The Morgan fingerprint density at radius 2 is 1.92 bits per heavy atom. The first-order valence-corrected chi connectivity index (χ1v) is 9.44. The van der Waals surface area contributed by atoms with Gasteiger partial charge in [-0.05, 0) is 42.2 Å². The lowest BCUT2D eigenvalue weighted by Gasteiger charge is -2.19. The van der Waals surface area contributed by atoms with Crippen molar-refractivity contribution in [2.45, 2.75) is 25.4 Å². The molecule has 2 aliphatic heterocycles. The van der Waals surface area contributed by atoms with Crippen molar-refractivity contribution < 1.29 is 4.39 Å². The lowest BCUT2D eigenvalue weighted by molar-refractivity contribution is 0.441. The lowest BCUT2D eigenvalue weighted by atomic mass is 9.95. The molecule has 4 rings (SSSR count). The zero-order valence-corrected chi connectivity index (χ0v) is 14.9. The van der Waals surface area contributed by atoms with Gasteiger partial charge in [0, 0.05) is 44.8 Å². The summed E-state index contributed by atoms with van der Waals surface area (Å²) >= 11 is 0. The van der Waals surface area contributed by atoms with Crippen LogP contribution in [0, 0.1) is 11.7 Å². The molecule has 1 aromatic carbocycles. The molecule has 0 amide bonds. The zero-order chi connectivity index (χ0) is 17.8. The molecule has 1 aromatic heterocycles. The lowest BCUT2D eigenvalue weighted by Crippen LogP contribution is -2.28. The fourth-order valence-corrected chi connectivity index (χ4v) is 3.81. The molecule has 138 valence electrons. The summed E-state index contributed by atoms with van der Waals surface area (Å²) in [6.45, 7) is 4.82. The van der Waals surface area contributed by atoms with Crippen molar-refractivity contribution in [3.8, 4) is 0 Å². The highest BCUT2D eigenvalue weighted by Gasteiger charge is 2.27. The summed E-state index contributed by atoms with van der Waals surface area (Å²) in [6, 6.07) is 11.2. The van der Waals surface area contributed by atoms with Crippen LogP contribution in [0.4, 0.5) is 10.2 Å². The van der Waals surface area contributed by atoms with E-state index < -0.39 is 0 Å². The summed E-state index contributed by atoms with van der Waals surface area (Å²) in [6.07, 6.45) is 4.51. The molecule has 2 aliphatic rings. The van der Waals surface area contributed by atoms with E-state index in [4.69, 9.17) is 0 Å². The maximum atomic E-state index is 13.1. The molecule has 3 N–H and O–H groups in total. The minimum Gasteiger partial charge on any atom is -0.357 e. The van der Waals surface area contributed by atoms with Gasteiger partial charge in [-0.1, -0.05) is 18.2 Å². The van der Waals surface area contributed by atoms with E-state index in [0.29, 0.717) is 5.92 Å². The maximum Gasteiger partial charge on any atom is 0.128 e. The number of hydrazine groups is 1. The van der Waals surface area contributed by atoms with Gasteiger partial charge in [0.2, 0.25) is 0 Å². The van der Waals surface area contributed by atoms with E-state index in [1.165, 1.54) is 30.5 Å². The molecular weight excluding hydrogens is 329 g/mol. The highest BCUT2D eigenvalue weighted by molar-refractivity contribution is 5.40. The smallest absolute Gasteiger partial charge is 0.128 e. The van der Waals surface area contributed by atoms with Crippen LogP contribution >= 0.6 is 0 Å². The van der Waals surface area contributed by atoms with E-state index in [9.17, 15) is 4.39 Å². The van der Waals surface area contributed by atoms with E-state index in [1.807, 2.05) is 18.3 Å². The minimum absolute atomic E-state index is 0.193. The van der Waals surface area contributed by atoms with Crippen molar-refractivity contribution in [2.75, 3.05) is 31.1 Å². The standard InChI is InChI=1S/C20H26FN5/c21-18-6-4-16(5-7-18)20-17(14-24-25-20)13-22-11-15-3-8-19(23-12-15)26-9-1-2-10-26/h3-8,12,17,20,22,24-25H,1-2,9-11,13-14H2. The SMILES string of the molecule is Fc1ccc(C2NNCC2CNCc2ccc(N3CCCC3)nc2)cc1. The fraction of sp³-hybridized carbons (Fsp3) is 0.450. The first-order valence-electron chi connectivity index (χ1n) is 9.44. The summed E-state index contributed by atoms with van der Waals surface area (Å²) in [7, 11) is 0. The van der Waals surface area contributed by atoms with E-state index >= 15 is 0 Å². The summed E-state index contributed by atoms with van der Waals surface area (Å²) < 4.78 is 13.1. The molecule has 2 fully saturated rings. The van der Waals surface area contributed by atoms with Crippen LogP contribution < -0.4 is 21.1 Å². The average Bonchev–Trinajstić information content (AvgIpc) is 3.35. The number of benzene rings is 1. The summed E-state index contributed by atoms with van der Waals surface area (Å²) in [5, 5.41) is 3.54. The van der Waals surface area contributed by atoms with Gasteiger partial charge in [0.05, 0.1) is 6.04 Å². The van der Waals surface area contributed by atoms with Crippen molar-refractivity contribution in [3.63, 3.8) is 0 Å². The number of pyridine rings is 1. The van der Waals surface area contributed by atoms with Crippen LogP contribution in [0.2, 0.25) is 0 Å². The Hall–Kier alpha value is -2.02. The van der Waals surface area contributed by atoms with Crippen molar-refractivity contribution in [1.29, 1.82) is 0 Å². The second-order valence-electron chi connectivity index (χ2n) is 7.16. The number of nitrogens with zero attached hydrogens (tertiary/aromatic N) is 2. The average molecular weight is 355 g/mol. The van der Waals surface area contributed by atoms with Crippen LogP contribution in [0.5, 0.6) is 0 Å². The second-order valence-corrected chi connectivity index (χ2v) is 7.16. The van der Waals surface area contributed by atoms with E-state index in [-0.39, 0.29) is 11.9 Å².